The zero-order valence-electron chi connectivity index (χ0n) is 12.0. The van der Waals surface area contributed by atoms with Crippen molar-refractivity contribution in [3.8, 4) is 0 Å². The van der Waals surface area contributed by atoms with Crippen molar-refractivity contribution < 1.29 is 13.9 Å². The molecule has 0 spiro atoms. The fourth-order valence-corrected chi connectivity index (χ4v) is 2.13. The zero-order chi connectivity index (χ0) is 14.5. The summed E-state index contributed by atoms with van der Waals surface area (Å²) in [4.78, 5) is 13.6. The van der Waals surface area contributed by atoms with E-state index in [1.165, 1.54) is 0 Å². The van der Waals surface area contributed by atoms with Gasteiger partial charge in [0.2, 0.25) is 11.8 Å². The van der Waals surface area contributed by atoms with E-state index in [1.54, 1.807) is 11.9 Å². The third kappa shape index (κ3) is 3.07. The maximum absolute atomic E-state index is 11.9. The average Bonchev–Trinajstić information content (AvgIpc) is 2.96. The highest BCUT2D eigenvalue weighted by atomic mass is 16.5. The number of carbonyl (C=O) groups excluding carboxylic acids is 1. The number of aromatic nitrogens is 2. The molecule has 1 aromatic heterocycles. The first kappa shape index (κ1) is 14.7. The summed E-state index contributed by atoms with van der Waals surface area (Å²) in [5.74, 6) is 0.396. The van der Waals surface area contributed by atoms with Gasteiger partial charge >= 0.3 is 6.01 Å². The molecule has 2 rings (SSSR count). The average molecular weight is 283 g/mol. The van der Waals surface area contributed by atoms with Crippen molar-refractivity contribution in [3.05, 3.63) is 5.89 Å². The van der Waals surface area contributed by atoms with Crippen molar-refractivity contribution in [1.82, 2.24) is 20.8 Å². The van der Waals surface area contributed by atoms with Gasteiger partial charge in [0.15, 0.2) is 0 Å². The van der Waals surface area contributed by atoms with Crippen LogP contribution in [0.25, 0.3) is 0 Å². The van der Waals surface area contributed by atoms with E-state index < -0.39 is 6.04 Å². The Morgan fingerprint density at radius 3 is 3.05 bits per heavy atom. The van der Waals surface area contributed by atoms with E-state index in [0.29, 0.717) is 31.7 Å². The van der Waals surface area contributed by atoms with Gasteiger partial charge in [0.25, 0.3) is 0 Å². The fraction of sp³-hybridized carbons (Fsp3) is 0.750. The van der Waals surface area contributed by atoms with Crippen LogP contribution < -0.4 is 15.5 Å². The summed E-state index contributed by atoms with van der Waals surface area (Å²) in [6, 6.07) is -0.0844. The van der Waals surface area contributed by atoms with E-state index in [2.05, 4.69) is 20.8 Å². The van der Waals surface area contributed by atoms with Gasteiger partial charge in [-0.2, -0.15) is 0 Å². The third-order valence-corrected chi connectivity index (χ3v) is 3.23. The Balaban J connectivity index is 2.14. The number of likely N-dealkylation sites (N-methyl/N-ethyl adjacent to an activating group) is 1. The molecule has 2 atom stereocenters. The normalized spacial score (nSPS) is 20.8. The van der Waals surface area contributed by atoms with Crippen LogP contribution in [-0.4, -0.2) is 55.5 Å². The lowest BCUT2D eigenvalue weighted by molar-refractivity contribution is -0.124. The molecule has 8 nitrogen and oxygen atoms in total. The number of anilines is 1. The van der Waals surface area contributed by atoms with E-state index in [1.807, 2.05) is 13.8 Å². The van der Waals surface area contributed by atoms with Gasteiger partial charge in [-0.15, -0.1) is 5.10 Å². The van der Waals surface area contributed by atoms with Gasteiger partial charge in [0.05, 0.1) is 19.3 Å². The summed E-state index contributed by atoms with van der Waals surface area (Å²) in [6.07, 6.45) is 0. The molecule has 1 fully saturated rings. The summed E-state index contributed by atoms with van der Waals surface area (Å²) in [5, 5.41) is 13.9. The first-order valence-corrected chi connectivity index (χ1v) is 6.80. The maximum Gasteiger partial charge on any atom is 0.319 e. The second kappa shape index (κ2) is 6.67. The van der Waals surface area contributed by atoms with Crippen molar-refractivity contribution in [3.63, 3.8) is 0 Å². The summed E-state index contributed by atoms with van der Waals surface area (Å²) >= 11 is 0. The summed E-state index contributed by atoms with van der Waals surface area (Å²) in [7, 11) is 1.60. The Bertz CT molecular complexity index is 450. The number of nitrogens with zero attached hydrogens (tertiary/aromatic N) is 3. The fourth-order valence-electron chi connectivity index (χ4n) is 2.13. The quantitative estimate of drug-likeness (QED) is 0.765. The highest BCUT2D eigenvalue weighted by Gasteiger charge is 2.32. The molecule has 20 heavy (non-hydrogen) atoms. The third-order valence-electron chi connectivity index (χ3n) is 3.23. The van der Waals surface area contributed by atoms with Crippen molar-refractivity contribution >= 4 is 11.9 Å². The molecule has 0 bridgehead atoms. The second-order valence-corrected chi connectivity index (χ2v) is 4.60. The molecule has 1 aliphatic rings. The van der Waals surface area contributed by atoms with Crippen molar-refractivity contribution in [2.75, 3.05) is 38.3 Å². The minimum absolute atomic E-state index is 0.0132. The van der Waals surface area contributed by atoms with Gasteiger partial charge in [-0.3, -0.25) is 4.79 Å². The van der Waals surface area contributed by atoms with Gasteiger partial charge in [-0.05, 0) is 13.5 Å². The summed E-state index contributed by atoms with van der Waals surface area (Å²) in [5.41, 5.74) is 0. The lowest BCUT2D eigenvalue weighted by Gasteiger charge is -2.32. The standard InChI is InChI=1S/C12H21N5O3/c1-4-14-8(2)11-15-16-12(20-11)17-5-6-19-7-9(17)10(18)13-3/h8-9,14H,4-7H2,1-3H3,(H,13,18). The van der Waals surface area contributed by atoms with E-state index in [9.17, 15) is 4.79 Å². The van der Waals surface area contributed by atoms with E-state index in [4.69, 9.17) is 9.15 Å². The van der Waals surface area contributed by atoms with Gasteiger partial charge in [0, 0.05) is 13.6 Å². The van der Waals surface area contributed by atoms with Crippen molar-refractivity contribution in [2.45, 2.75) is 25.9 Å². The number of morpholine rings is 1. The highest BCUT2D eigenvalue weighted by molar-refractivity contribution is 5.84. The lowest BCUT2D eigenvalue weighted by Crippen LogP contribution is -2.53. The molecule has 2 heterocycles. The number of hydrogen-bond acceptors (Lipinski definition) is 7. The summed E-state index contributed by atoms with van der Waals surface area (Å²) in [6.45, 7) is 6.19. The smallest absolute Gasteiger partial charge is 0.319 e. The molecule has 1 aromatic rings. The highest BCUT2D eigenvalue weighted by Crippen LogP contribution is 2.21. The predicted octanol–water partition coefficient (Wildman–Crippen LogP) is -0.309. The molecule has 1 amide bonds. The van der Waals surface area contributed by atoms with Gasteiger partial charge < -0.3 is 24.7 Å². The van der Waals surface area contributed by atoms with Crippen molar-refractivity contribution in [1.29, 1.82) is 0 Å². The van der Waals surface area contributed by atoms with E-state index in [-0.39, 0.29) is 11.9 Å². The minimum atomic E-state index is -0.434. The molecule has 2 N–H and O–H groups in total. The molecule has 0 radical (unpaired) electrons. The van der Waals surface area contributed by atoms with Crippen LogP contribution in [0.2, 0.25) is 0 Å². The Kier molecular flexibility index (Phi) is 4.91. The molecular formula is C12H21N5O3. The maximum atomic E-state index is 11.9. The molecule has 0 aromatic carbocycles. The molecule has 0 aliphatic carbocycles. The Morgan fingerprint density at radius 1 is 1.55 bits per heavy atom. The van der Waals surface area contributed by atoms with Crippen LogP contribution in [0.15, 0.2) is 4.42 Å². The van der Waals surface area contributed by atoms with Crippen molar-refractivity contribution in [2.24, 2.45) is 0 Å². The molecule has 1 aliphatic heterocycles. The van der Waals surface area contributed by atoms with Crippen LogP contribution in [0.3, 0.4) is 0 Å². The predicted molar refractivity (Wildman–Crippen MR) is 72.4 cm³/mol. The Labute approximate surface area is 117 Å². The zero-order valence-corrected chi connectivity index (χ0v) is 12.0. The Morgan fingerprint density at radius 2 is 2.35 bits per heavy atom. The topological polar surface area (TPSA) is 92.5 Å². The van der Waals surface area contributed by atoms with Gasteiger partial charge in [0.1, 0.15) is 6.04 Å². The second-order valence-electron chi connectivity index (χ2n) is 4.60. The van der Waals surface area contributed by atoms with Crippen LogP contribution in [0, 0.1) is 0 Å². The SMILES string of the molecule is CCNC(C)c1nnc(N2CCOCC2C(=O)NC)o1. The number of rotatable bonds is 5. The minimum Gasteiger partial charge on any atom is -0.406 e. The number of carbonyl (C=O) groups is 1. The van der Waals surface area contributed by atoms with Gasteiger partial charge in [-0.1, -0.05) is 12.0 Å². The lowest BCUT2D eigenvalue weighted by atomic mass is 10.2. The first-order chi connectivity index (χ1) is 9.67. The van der Waals surface area contributed by atoms with Crippen LogP contribution in [-0.2, 0) is 9.53 Å². The molecule has 0 saturated carbocycles. The molecule has 8 heteroatoms. The monoisotopic (exact) mass is 283 g/mol. The molecular weight excluding hydrogens is 262 g/mol. The van der Waals surface area contributed by atoms with Gasteiger partial charge in [-0.25, -0.2) is 0 Å². The number of amides is 1. The van der Waals surface area contributed by atoms with E-state index in [0.717, 1.165) is 6.54 Å². The molecule has 1 saturated heterocycles. The van der Waals surface area contributed by atoms with Crippen LogP contribution >= 0.6 is 0 Å². The molecule has 2 unspecified atom stereocenters. The molecule has 112 valence electrons. The Hall–Kier alpha value is -1.67. The number of nitrogens with one attached hydrogen (secondary N) is 2. The first-order valence-electron chi connectivity index (χ1n) is 6.80. The summed E-state index contributed by atoms with van der Waals surface area (Å²) < 4.78 is 11.0. The number of hydrogen-bond donors (Lipinski definition) is 2. The van der Waals surface area contributed by atoms with Crippen LogP contribution in [0.4, 0.5) is 6.01 Å². The largest absolute Gasteiger partial charge is 0.406 e. The van der Waals surface area contributed by atoms with E-state index >= 15 is 0 Å². The van der Waals surface area contributed by atoms with Crippen LogP contribution in [0.1, 0.15) is 25.8 Å². The number of ether oxygens (including phenoxy) is 1. The van der Waals surface area contributed by atoms with Crippen LogP contribution in [0.5, 0.6) is 0 Å².